The highest BCUT2D eigenvalue weighted by molar-refractivity contribution is 5.31. The smallest absolute Gasteiger partial charge is 0.0924 e. The first-order chi connectivity index (χ1) is 6.45. The molecule has 3 heteroatoms. The Kier molecular flexibility index (Phi) is 0.569. The van der Waals surface area contributed by atoms with Gasteiger partial charge in [0.25, 0.3) is 0 Å². The van der Waals surface area contributed by atoms with Crippen LogP contribution in [0.4, 0.5) is 0 Å². The lowest BCUT2D eigenvalue weighted by Crippen LogP contribution is -2.34. The molecule has 3 nitrogen and oxygen atoms in total. The maximum absolute atomic E-state index is 6.04. The summed E-state index contributed by atoms with van der Waals surface area (Å²) in [5.74, 6) is 3.08. The number of ether oxygens (including phenoxy) is 3. The molecule has 6 atom stereocenters. The molecule has 3 heterocycles. The first-order valence-electron chi connectivity index (χ1n) is 5.41. The Balaban J connectivity index is 1.78. The van der Waals surface area contributed by atoms with Crippen LogP contribution in [0.15, 0.2) is 0 Å². The zero-order chi connectivity index (χ0) is 7.89. The molecular formula is C10H10O3. The normalized spacial score (nSPS) is 88.6. The van der Waals surface area contributed by atoms with E-state index in [1.807, 2.05) is 0 Å². The molecule has 0 radical (unpaired) electrons. The van der Waals surface area contributed by atoms with Crippen LogP contribution in [-0.4, -0.2) is 36.6 Å². The maximum atomic E-state index is 6.04. The fraction of sp³-hybridized carbons (Fsp3) is 1.00. The van der Waals surface area contributed by atoms with Gasteiger partial charge >= 0.3 is 0 Å². The Morgan fingerprint density at radius 1 is 0.385 bits per heavy atom. The van der Waals surface area contributed by atoms with Crippen molar-refractivity contribution in [2.24, 2.45) is 23.7 Å². The van der Waals surface area contributed by atoms with Crippen molar-refractivity contribution in [1.82, 2.24) is 0 Å². The molecule has 13 heavy (non-hydrogen) atoms. The van der Waals surface area contributed by atoms with Crippen molar-refractivity contribution in [3.05, 3.63) is 0 Å². The zero-order valence-electron chi connectivity index (χ0n) is 7.00. The van der Waals surface area contributed by atoms with E-state index in [0.717, 1.165) is 17.8 Å². The monoisotopic (exact) mass is 178 g/mol. The third kappa shape index (κ3) is 0.346. The quantitative estimate of drug-likeness (QED) is 0.514. The molecule has 0 aromatic rings. The molecule has 0 N–H and O–H groups in total. The highest BCUT2D eigenvalue weighted by Crippen LogP contribution is 2.75. The average Bonchev–Trinajstić information content (AvgIpc) is 2.63. The Bertz CT molecular complexity index is 285. The summed E-state index contributed by atoms with van der Waals surface area (Å²) in [5, 5.41) is 0. The molecule has 4 aliphatic carbocycles. The summed E-state index contributed by atoms with van der Waals surface area (Å²) in [7, 11) is 0. The SMILES string of the molecule is O1[C@H]2C3C4C3[C@@H]3O[C@H]2C2[C@H]1[C@H]4O[C@@H]23. The van der Waals surface area contributed by atoms with E-state index < -0.39 is 0 Å². The summed E-state index contributed by atoms with van der Waals surface area (Å²) < 4.78 is 18.1. The van der Waals surface area contributed by atoms with Crippen molar-refractivity contribution >= 4 is 0 Å². The number of hydrogen-bond donors (Lipinski definition) is 0. The topological polar surface area (TPSA) is 27.7 Å². The largest absolute Gasteiger partial charge is 0.369 e. The van der Waals surface area contributed by atoms with E-state index >= 15 is 0 Å². The third-order valence-corrected chi connectivity index (χ3v) is 5.38. The van der Waals surface area contributed by atoms with Crippen LogP contribution in [0.2, 0.25) is 0 Å². The van der Waals surface area contributed by atoms with E-state index in [9.17, 15) is 0 Å². The molecule has 0 unspecified atom stereocenters. The summed E-state index contributed by atoms with van der Waals surface area (Å²) in [6.45, 7) is 0. The summed E-state index contributed by atoms with van der Waals surface area (Å²) in [6.07, 6.45) is 2.64. The van der Waals surface area contributed by atoms with Crippen molar-refractivity contribution in [3.63, 3.8) is 0 Å². The van der Waals surface area contributed by atoms with Crippen LogP contribution >= 0.6 is 0 Å². The van der Waals surface area contributed by atoms with Gasteiger partial charge in [0.2, 0.25) is 0 Å². The van der Waals surface area contributed by atoms with Gasteiger partial charge in [-0.1, -0.05) is 0 Å². The average molecular weight is 178 g/mol. The van der Waals surface area contributed by atoms with E-state index in [1.165, 1.54) is 0 Å². The molecule has 10 bridgehead atoms. The van der Waals surface area contributed by atoms with Crippen molar-refractivity contribution in [2.45, 2.75) is 36.6 Å². The third-order valence-electron chi connectivity index (χ3n) is 5.38. The van der Waals surface area contributed by atoms with Crippen LogP contribution in [0.1, 0.15) is 0 Å². The summed E-state index contributed by atoms with van der Waals surface area (Å²) in [4.78, 5) is 0. The molecule has 3 aliphatic heterocycles. The van der Waals surface area contributed by atoms with Crippen molar-refractivity contribution < 1.29 is 14.2 Å². The van der Waals surface area contributed by atoms with Crippen LogP contribution in [0.3, 0.4) is 0 Å². The fourth-order valence-electron chi connectivity index (χ4n) is 5.13. The van der Waals surface area contributed by atoms with Gasteiger partial charge in [-0.3, -0.25) is 0 Å². The molecular weight excluding hydrogens is 168 g/mol. The second-order valence-corrected chi connectivity index (χ2v) is 5.51. The minimum Gasteiger partial charge on any atom is -0.369 e. The van der Waals surface area contributed by atoms with Crippen LogP contribution < -0.4 is 0 Å². The molecule has 3 saturated heterocycles. The van der Waals surface area contributed by atoms with Gasteiger partial charge in [-0.05, 0) is 17.8 Å². The lowest BCUT2D eigenvalue weighted by Gasteiger charge is -2.25. The molecule has 7 rings (SSSR count). The molecule has 7 fully saturated rings. The Hall–Kier alpha value is -0.120. The predicted octanol–water partition coefficient (Wildman–Crippen LogP) is -0.206. The standard InChI is InChI=1S/C10H10O3/c11-5-1-2-3(1)7-10-4(8(5)12-7)9(11)6(2)13-10/h1-10H/t1?,2?,3?,4?,5-,6-,7-,8-,9-,10-/m0/s1. The molecule has 7 aliphatic rings. The number of hydrogen-bond acceptors (Lipinski definition) is 3. The lowest BCUT2D eigenvalue weighted by molar-refractivity contribution is -0.0877. The van der Waals surface area contributed by atoms with Gasteiger partial charge < -0.3 is 14.2 Å². The minimum absolute atomic E-state index is 0.416. The van der Waals surface area contributed by atoms with Gasteiger partial charge in [0.1, 0.15) is 0 Å². The summed E-state index contributed by atoms with van der Waals surface area (Å²) in [6, 6.07) is 0. The predicted molar refractivity (Wildman–Crippen MR) is 39.9 cm³/mol. The molecule has 0 aromatic carbocycles. The Morgan fingerprint density at radius 3 is 1.08 bits per heavy atom. The Labute approximate surface area is 75.3 Å². The van der Waals surface area contributed by atoms with Crippen LogP contribution in [0, 0.1) is 23.7 Å². The molecule has 0 amide bonds. The van der Waals surface area contributed by atoms with Crippen molar-refractivity contribution in [1.29, 1.82) is 0 Å². The Morgan fingerprint density at radius 2 is 0.692 bits per heavy atom. The first-order valence-corrected chi connectivity index (χ1v) is 5.41. The van der Waals surface area contributed by atoms with E-state index in [0.29, 0.717) is 42.5 Å². The van der Waals surface area contributed by atoms with Gasteiger partial charge in [-0.15, -0.1) is 0 Å². The fourth-order valence-corrected chi connectivity index (χ4v) is 5.13. The summed E-state index contributed by atoms with van der Waals surface area (Å²) in [5.41, 5.74) is 0. The van der Waals surface area contributed by atoms with Crippen LogP contribution in [-0.2, 0) is 14.2 Å². The van der Waals surface area contributed by atoms with Gasteiger partial charge in [-0.2, -0.15) is 0 Å². The van der Waals surface area contributed by atoms with Gasteiger partial charge in [0.15, 0.2) is 0 Å². The second kappa shape index (κ2) is 1.30. The van der Waals surface area contributed by atoms with Gasteiger partial charge in [0, 0.05) is 5.92 Å². The van der Waals surface area contributed by atoms with Gasteiger partial charge in [0.05, 0.1) is 36.6 Å². The first kappa shape index (κ1) is 5.69. The maximum Gasteiger partial charge on any atom is 0.0924 e. The van der Waals surface area contributed by atoms with Gasteiger partial charge in [-0.25, -0.2) is 0 Å². The second-order valence-electron chi connectivity index (χ2n) is 5.51. The van der Waals surface area contributed by atoms with E-state index in [-0.39, 0.29) is 0 Å². The molecule has 0 spiro atoms. The number of rotatable bonds is 0. The minimum atomic E-state index is 0.416. The lowest BCUT2D eigenvalue weighted by atomic mass is 9.96. The van der Waals surface area contributed by atoms with Crippen molar-refractivity contribution in [2.75, 3.05) is 0 Å². The zero-order valence-corrected chi connectivity index (χ0v) is 7.00. The van der Waals surface area contributed by atoms with E-state index in [4.69, 9.17) is 14.2 Å². The molecule has 4 saturated carbocycles. The van der Waals surface area contributed by atoms with Crippen LogP contribution in [0.25, 0.3) is 0 Å². The van der Waals surface area contributed by atoms with Crippen LogP contribution in [0.5, 0.6) is 0 Å². The summed E-state index contributed by atoms with van der Waals surface area (Å²) >= 11 is 0. The van der Waals surface area contributed by atoms with E-state index in [2.05, 4.69) is 0 Å². The van der Waals surface area contributed by atoms with Crippen molar-refractivity contribution in [3.8, 4) is 0 Å². The van der Waals surface area contributed by atoms with E-state index in [1.54, 1.807) is 0 Å². The highest BCUT2D eigenvalue weighted by Gasteiger charge is 2.85. The highest BCUT2D eigenvalue weighted by atomic mass is 16.6. The molecule has 0 aromatic heterocycles. The molecule has 68 valence electrons.